The van der Waals surface area contributed by atoms with E-state index < -0.39 is 5.97 Å². The van der Waals surface area contributed by atoms with Crippen LogP contribution in [-0.4, -0.2) is 35.7 Å². The minimum Gasteiger partial charge on any atom is -0.495 e. The minimum atomic E-state index is -0.735. The lowest BCUT2D eigenvalue weighted by Crippen LogP contribution is -2.35. The summed E-state index contributed by atoms with van der Waals surface area (Å²) in [4.78, 5) is 13.1. The van der Waals surface area contributed by atoms with Gasteiger partial charge in [0, 0.05) is 12.1 Å². The molecule has 4 nitrogen and oxygen atoms in total. The number of aliphatic carboxylic acids is 1. The van der Waals surface area contributed by atoms with Crippen LogP contribution in [0.1, 0.15) is 18.4 Å². The molecule has 1 aromatic rings. The summed E-state index contributed by atoms with van der Waals surface area (Å²) in [6, 6.07) is 5.46. The third-order valence-electron chi connectivity index (χ3n) is 3.27. The second kappa shape index (κ2) is 5.71. The van der Waals surface area contributed by atoms with E-state index in [0.29, 0.717) is 6.54 Å². The Morgan fingerprint density at radius 1 is 1.61 bits per heavy atom. The van der Waals surface area contributed by atoms with Gasteiger partial charge in [-0.25, -0.2) is 0 Å². The Labute approximate surface area is 115 Å². The first-order valence-corrected chi connectivity index (χ1v) is 6.71. The van der Waals surface area contributed by atoms with Crippen molar-refractivity contribution in [2.24, 2.45) is 0 Å². The van der Waals surface area contributed by atoms with Gasteiger partial charge in [0.25, 0.3) is 0 Å². The summed E-state index contributed by atoms with van der Waals surface area (Å²) in [7, 11) is 1.63. The molecule has 0 bridgehead atoms. The Hall–Kier alpha value is -1.07. The molecular weight excluding hydrogens is 298 g/mol. The highest BCUT2D eigenvalue weighted by Gasteiger charge is 2.30. The topological polar surface area (TPSA) is 49.8 Å². The maximum absolute atomic E-state index is 11.1. The number of nitrogens with zero attached hydrogens (tertiary/aromatic N) is 1. The summed E-state index contributed by atoms with van der Waals surface area (Å²) < 4.78 is 6.26. The highest BCUT2D eigenvalue weighted by atomic mass is 79.9. The van der Waals surface area contributed by atoms with E-state index in [1.807, 2.05) is 23.1 Å². The molecule has 1 atom stereocenters. The number of hydrogen-bond donors (Lipinski definition) is 1. The predicted molar refractivity (Wildman–Crippen MR) is 71.8 cm³/mol. The number of halogens is 1. The molecule has 18 heavy (non-hydrogen) atoms. The van der Waals surface area contributed by atoms with Crippen molar-refractivity contribution in [3.63, 3.8) is 0 Å². The van der Waals surface area contributed by atoms with E-state index in [-0.39, 0.29) is 6.04 Å². The van der Waals surface area contributed by atoms with Crippen LogP contribution in [0.15, 0.2) is 22.7 Å². The van der Waals surface area contributed by atoms with E-state index in [9.17, 15) is 4.79 Å². The van der Waals surface area contributed by atoms with Gasteiger partial charge in [0.2, 0.25) is 0 Å². The largest absolute Gasteiger partial charge is 0.495 e. The van der Waals surface area contributed by atoms with Gasteiger partial charge in [-0.05, 0) is 41.4 Å². The minimum absolute atomic E-state index is 0.367. The molecule has 1 N–H and O–H groups in total. The van der Waals surface area contributed by atoms with Crippen LogP contribution < -0.4 is 4.74 Å². The van der Waals surface area contributed by atoms with Crippen molar-refractivity contribution >= 4 is 21.9 Å². The molecule has 0 aromatic heterocycles. The standard InChI is InChI=1S/C13H16BrNO3/c1-18-12-9(4-2-5-10(12)14)8-15-7-3-6-11(15)13(16)17/h2,4-5,11H,3,6-8H2,1H3,(H,16,17)/t11-/m0/s1. The van der Waals surface area contributed by atoms with Gasteiger partial charge in [-0.15, -0.1) is 0 Å². The van der Waals surface area contributed by atoms with Crippen molar-refractivity contribution in [1.82, 2.24) is 4.90 Å². The number of ether oxygens (including phenoxy) is 1. The van der Waals surface area contributed by atoms with Crippen LogP contribution in [0, 0.1) is 0 Å². The maximum Gasteiger partial charge on any atom is 0.320 e. The van der Waals surface area contributed by atoms with Crippen LogP contribution >= 0.6 is 15.9 Å². The molecule has 1 fully saturated rings. The lowest BCUT2D eigenvalue weighted by molar-refractivity contribution is -0.142. The summed E-state index contributed by atoms with van der Waals surface area (Å²) in [5.41, 5.74) is 1.01. The molecule has 0 aliphatic carbocycles. The maximum atomic E-state index is 11.1. The van der Waals surface area contributed by atoms with Crippen molar-refractivity contribution in [3.05, 3.63) is 28.2 Å². The summed E-state index contributed by atoms with van der Waals surface area (Å²) in [6.45, 7) is 1.44. The average molecular weight is 314 g/mol. The Balaban J connectivity index is 2.19. The van der Waals surface area contributed by atoms with Crippen LogP contribution in [0.2, 0.25) is 0 Å². The second-order valence-corrected chi connectivity index (χ2v) is 5.25. The quantitative estimate of drug-likeness (QED) is 0.928. The Bertz CT molecular complexity index is 450. The Kier molecular flexibility index (Phi) is 4.24. The van der Waals surface area contributed by atoms with Gasteiger partial charge < -0.3 is 9.84 Å². The van der Waals surface area contributed by atoms with E-state index in [1.54, 1.807) is 7.11 Å². The molecule has 1 aliphatic heterocycles. The number of hydrogen-bond acceptors (Lipinski definition) is 3. The molecule has 1 saturated heterocycles. The third-order valence-corrected chi connectivity index (χ3v) is 3.90. The zero-order chi connectivity index (χ0) is 13.1. The number of methoxy groups -OCH3 is 1. The number of benzene rings is 1. The fourth-order valence-corrected chi connectivity index (χ4v) is 2.99. The zero-order valence-corrected chi connectivity index (χ0v) is 11.8. The zero-order valence-electron chi connectivity index (χ0n) is 10.2. The van der Waals surface area contributed by atoms with Gasteiger partial charge >= 0.3 is 5.97 Å². The summed E-state index contributed by atoms with van der Waals surface area (Å²) in [6.07, 6.45) is 1.67. The van der Waals surface area contributed by atoms with Gasteiger partial charge in [-0.1, -0.05) is 12.1 Å². The van der Waals surface area contributed by atoms with Gasteiger partial charge in [0.05, 0.1) is 11.6 Å². The van der Waals surface area contributed by atoms with Gasteiger partial charge in [0.15, 0.2) is 0 Å². The number of carboxylic acid groups (broad SMARTS) is 1. The molecule has 0 unspecified atom stereocenters. The van der Waals surface area contributed by atoms with Gasteiger partial charge in [-0.3, -0.25) is 9.69 Å². The van der Waals surface area contributed by atoms with Crippen molar-refractivity contribution in [3.8, 4) is 5.75 Å². The number of carbonyl (C=O) groups is 1. The molecule has 0 spiro atoms. The van der Waals surface area contributed by atoms with E-state index in [0.717, 1.165) is 35.2 Å². The molecule has 1 aliphatic rings. The van der Waals surface area contributed by atoms with Crippen LogP contribution in [-0.2, 0) is 11.3 Å². The first-order valence-electron chi connectivity index (χ1n) is 5.91. The van der Waals surface area contributed by atoms with Crippen LogP contribution in [0.4, 0.5) is 0 Å². The molecule has 1 heterocycles. The Morgan fingerprint density at radius 3 is 3.06 bits per heavy atom. The fraction of sp³-hybridized carbons (Fsp3) is 0.462. The Morgan fingerprint density at radius 2 is 2.39 bits per heavy atom. The van der Waals surface area contributed by atoms with E-state index in [1.165, 1.54) is 0 Å². The molecule has 5 heteroatoms. The van der Waals surface area contributed by atoms with Crippen molar-refractivity contribution in [2.75, 3.05) is 13.7 Å². The van der Waals surface area contributed by atoms with Crippen molar-refractivity contribution in [2.45, 2.75) is 25.4 Å². The molecule has 2 rings (SSSR count). The lowest BCUT2D eigenvalue weighted by atomic mass is 10.1. The van der Waals surface area contributed by atoms with Crippen molar-refractivity contribution in [1.29, 1.82) is 0 Å². The molecule has 1 aromatic carbocycles. The molecular formula is C13H16BrNO3. The number of rotatable bonds is 4. The van der Waals surface area contributed by atoms with Crippen molar-refractivity contribution < 1.29 is 14.6 Å². The first-order chi connectivity index (χ1) is 8.63. The molecule has 0 saturated carbocycles. The van der Waals surface area contributed by atoms with Crippen LogP contribution in [0.3, 0.4) is 0 Å². The third kappa shape index (κ3) is 2.67. The number of carboxylic acids is 1. The van der Waals surface area contributed by atoms with Crippen LogP contribution in [0.5, 0.6) is 5.75 Å². The smallest absolute Gasteiger partial charge is 0.320 e. The van der Waals surface area contributed by atoms with E-state index in [4.69, 9.17) is 9.84 Å². The predicted octanol–water partition coefficient (Wildman–Crippen LogP) is 2.51. The first kappa shape index (κ1) is 13.4. The second-order valence-electron chi connectivity index (χ2n) is 4.40. The van der Waals surface area contributed by atoms with Gasteiger partial charge in [-0.2, -0.15) is 0 Å². The molecule has 98 valence electrons. The number of likely N-dealkylation sites (tertiary alicyclic amines) is 1. The summed E-state index contributed by atoms with van der Waals surface area (Å²) in [5.74, 6) is 0.0509. The summed E-state index contributed by atoms with van der Waals surface area (Å²) >= 11 is 3.44. The number of para-hydroxylation sites is 1. The normalized spacial score (nSPS) is 20.0. The molecule has 0 amide bonds. The lowest BCUT2D eigenvalue weighted by Gasteiger charge is -2.22. The highest BCUT2D eigenvalue weighted by Crippen LogP contribution is 2.31. The van der Waals surface area contributed by atoms with E-state index >= 15 is 0 Å². The van der Waals surface area contributed by atoms with Gasteiger partial charge in [0.1, 0.15) is 11.8 Å². The summed E-state index contributed by atoms with van der Waals surface area (Å²) in [5, 5.41) is 9.16. The average Bonchev–Trinajstić information content (AvgIpc) is 2.77. The fourth-order valence-electron chi connectivity index (χ4n) is 2.42. The molecule has 0 radical (unpaired) electrons. The SMILES string of the molecule is COc1c(Br)cccc1CN1CCC[C@H]1C(=O)O. The van der Waals surface area contributed by atoms with Crippen LogP contribution in [0.25, 0.3) is 0 Å². The van der Waals surface area contributed by atoms with E-state index in [2.05, 4.69) is 15.9 Å². The highest BCUT2D eigenvalue weighted by molar-refractivity contribution is 9.10. The monoisotopic (exact) mass is 313 g/mol.